The molecule has 0 aromatic carbocycles. The molecule has 145 heavy (non-hydrogen) atoms. The van der Waals surface area contributed by atoms with Gasteiger partial charge >= 0.3 is 35.8 Å². The summed E-state index contributed by atoms with van der Waals surface area (Å²) in [7, 11) is 0. The largest absolute Gasteiger partial charge is 0.465 e. The van der Waals surface area contributed by atoms with E-state index in [0.717, 1.165) is 38.5 Å². The van der Waals surface area contributed by atoms with Gasteiger partial charge in [-0.25, -0.2) is 0 Å². The summed E-state index contributed by atoms with van der Waals surface area (Å²) in [6, 6.07) is 21.7. The summed E-state index contributed by atoms with van der Waals surface area (Å²) in [4.78, 5) is 67.3. The molecule has 0 rings (SSSR count). The number of rotatable bonds is 20. The number of esters is 6. The minimum absolute atomic E-state index is 0.00766. The van der Waals surface area contributed by atoms with Crippen molar-refractivity contribution in [2.75, 3.05) is 6.61 Å². The van der Waals surface area contributed by atoms with Crippen molar-refractivity contribution in [3.63, 3.8) is 0 Å². The Kier molecular flexibility index (Phi) is 86.0. The van der Waals surface area contributed by atoms with E-state index < -0.39 is 21.7 Å². The zero-order valence-electron chi connectivity index (χ0n) is 107. The molecule has 0 saturated carbocycles. The quantitative estimate of drug-likeness (QED) is 0.0807. The molecule has 8 unspecified atom stereocenters. The molecule has 0 radical (unpaired) electrons. The van der Waals surface area contributed by atoms with Crippen LogP contribution in [0.1, 0.15) is 515 Å². The van der Waals surface area contributed by atoms with E-state index in [-0.39, 0.29) is 143 Å². The molecule has 0 aromatic rings. The van der Waals surface area contributed by atoms with Gasteiger partial charge in [0.25, 0.3) is 0 Å². The molecule has 0 bridgehead atoms. The number of carbonyl (C=O) groups is 6. The molecule has 0 N–H and O–H groups in total. The van der Waals surface area contributed by atoms with Crippen molar-refractivity contribution in [3.8, 4) is 60.7 Å². The average Bonchev–Trinajstić information content (AvgIpc) is 0.834. The van der Waals surface area contributed by atoms with Crippen molar-refractivity contribution in [1.29, 1.82) is 52.6 Å². The number of nitriles is 10. The number of nitrogens with zero attached hydrogens (tertiary/aromatic N) is 10. The van der Waals surface area contributed by atoms with Gasteiger partial charge in [-0.3, -0.25) is 28.8 Å². The summed E-state index contributed by atoms with van der Waals surface area (Å²) in [6.07, 6.45) is 6.86. The Morgan fingerprint density at radius 2 is 0.628 bits per heavy atom. The second-order valence-corrected chi connectivity index (χ2v) is 56.7. The maximum Gasteiger partial charge on any atom is 0.311 e. The minimum Gasteiger partial charge on any atom is -0.465 e. The van der Waals surface area contributed by atoms with Crippen LogP contribution in [0.4, 0.5) is 0 Å². The highest BCUT2D eigenvalue weighted by Gasteiger charge is 2.37. The van der Waals surface area contributed by atoms with E-state index in [0.29, 0.717) is 66.3 Å². The van der Waals surface area contributed by atoms with Crippen molar-refractivity contribution in [3.05, 3.63) is 0 Å². The first-order valence-corrected chi connectivity index (χ1v) is 52.9. The van der Waals surface area contributed by atoms with E-state index in [9.17, 15) is 28.8 Å². The molecular weight excluding hydrogens is 1810 g/mol. The van der Waals surface area contributed by atoms with Crippen LogP contribution in [0.25, 0.3) is 0 Å². The SMILES string of the molecule is CC(C#N)C(C)C(C)(C)C.CC(C#N)CC(C)(C)C.CC(C(C)(C)C)C(C)(C)C#N.CC(C)(C)CC(C)(C#N)C#N.CC(C)(C)CC(C)(C)C#N.CC(C)(C)OC(=O)C(C)(C)C.CC(C)C(C)C(C)C#N.CC(C)C(C)OC(=O)C(C)(C)C.CC(C)CC(C)(C#N)C#N.CC(C)CC(C)(C)C#N.CC(C)OC(=O)C(C)(C)C.CCC(C)(C)OC(=O)C(C)(C)C.CCC(C)OC(=O)C(C)(C)C.CCCOC(=O)C(C)(C)C. The van der Waals surface area contributed by atoms with Crippen molar-refractivity contribution < 1.29 is 57.2 Å². The molecule has 0 saturated heterocycles. The topological polar surface area (TPSA) is 396 Å². The van der Waals surface area contributed by atoms with Gasteiger partial charge in [0.1, 0.15) is 28.1 Å². The third-order valence-electron chi connectivity index (χ3n) is 21.5. The maximum absolute atomic E-state index is 11.4. The predicted octanol–water partition coefficient (Wildman–Crippen LogP) is 35.3. The van der Waals surface area contributed by atoms with E-state index in [1.807, 2.05) is 343 Å². The lowest BCUT2D eigenvalue weighted by atomic mass is 9.67. The Balaban J connectivity index is -0.000000106. The second kappa shape index (κ2) is 74.6. The third kappa shape index (κ3) is 113. The molecular formula is C123H232N10O12. The molecule has 0 heterocycles. The van der Waals surface area contributed by atoms with Gasteiger partial charge in [0.15, 0.2) is 0 Å². The second-order valence-electron chi connectivity index (χ2n) is 56.7. The maximum atomic E-state index is 11.4. The standard InChI is InChI=1S/C10H19N.2C10H20O2.C9H14N2.2C9H17N.2C9H18O2.C8H12N2.3C8H15N.2C8H16O2/c1-8(9(2,3)4)10(5,6)7-11;1-7-10(5,6)12-8(11)9(2,3)4;1-7(2)8(3)12-9(11)10(4,5)6;1-8(2,3)5-9(4,6-10)7-11;1-8(2,3)6-9(4,5)7-10;1-7(6-10)8(2)9(3,4)5;1-8(2,3)7(10)11-9(4,5)6;1-6-7(2)11-8(10)9(3,4)5;1-7(2)4-8(3,5-9)6-10;1-7(6-9)5-8(2,3)4;1-7(2)5-8(3,4)6-9;1-6(2)8(4)7(3)5-9;1-6(2)10-7(9)8(3,4)5;1-5-6-10-7(9)8(2,3)4/h8H,1-6H3;7H2,1-6H3;7-8H,1-6H3;5H2,1-4H3;6H2,1-5H3;7-8H,1-5H3;1-6H3;7H,6H2,1-5H3;7H,4H2,1-3H3;2*7H,5H2,1-4H3;6-8H,1-4H3;6H,1-5H3;5-6H2,1-4H3. The van der Waals surface area contributed by atoms with Crippen LogP contribution in [0.3, 0.4) is 0 Å². The summed E-state index contributed by atoms with van der Waals surface area (Å²) >= 11 is 0. The van der Waals surface area contributed by atoms with Crippen LogP contribution in [-0.4, -0.2) is 71.9 Å². The van der Waals surface area contributed by atoms with Crippen LogP contribution in [0.5, 0.6) is 0 Å². The first kappa shape index (κ1) is 167. The van der Waals surface area contributed by atoms with Crippen molar-refractivity contribution in [2.45, 2.75) is 545 Å². The Morgan fingerprint density at radius 1 is 0.303 bits per heavy atom. The molecule has 0 fully saturated rings. The van der Waals surface area contributed by atoms with Gasteiger partial charge in [-0.1, -0.05) is 201 Å². The lowest BCUT2D eigenvalue weighted by Crippen LogP contribution is -2.33. The lowest BCUT2D eigenvalue weighted by Gasteiger charge is -2.35. The van der Waals surface area contributed by atoms with Crippen molar-refractivity contribution >= 4 is 35.8 Å². The molecule has 22 heteroatoms. The fraction of sp³-hybridized carbons (Fsp3) is 0.870. The molecule has 0 amide bonds. The van der Waals surface area contributed by atoms with Crippen LogP contribution in [0.2, 0.25) is 0 Å². The summed E-state index contributed by atoms with van der Waals surface area (Å²) in [5, 5.41) is 86.2. The van der Waals surface area contributed by atoms with Gasteiger partial charge < -0.3 is 28.4 Å². The smallest absolute Gasteiger partial charge is 0.311 e. The first-order valence-electron chi connectivity index (χ1n) is 52.9. The van der Waals surface area contributed by atoms with Gasteiger partial charge in [0.2, 0.25) is 0 Å². The van der Waals surface area contributed by atoms with Crippen LogP contribution >= 0.6 is 0 Å². The lowest BCUT2D eigenvalue weighted by molar-refractivity contribution is -0.166. The minimum atomic E-state index is -0.821. The molecule has 846 valence electrons. The molecule has 0 aliphatic rings. The van der Waals surface area contributed by atoms with E-state index >= 15 is 0 Å². The fourth-order valence-corrected chi connectivity index (χ4v) is 10.9. The number of hydrogen-bond donors (Lipinski definition) is 0. The number of hydrogen-bond acceptors (Lipinski definition) is 22. The van der Waals surface area contributed by atoms with Gasteiger partial charge in [-0.2, -0.15) is 52.6 Å². The molecule has 8 atom stereocenters. The monoisotopic (exact) mass is 2040 g/mol. The van der Waals surface area contributed by atoms with Gasteiger partial charge in [0, 0.05) is 17.8 Å². The highest BCUT2D eigenvalue weighted by Crippen LogP contribution is 2.40. The van der Waals surface area contributed by atoms with E-state index in [1.165, 1.54) is 0 Å². The van der Waals surface area contributed by atoms with Gasteiger partial charge in [-0.05, 0) is 383 Å². The Bertz CT molecular complexity index is 3950. The van der Waals surface area contributed by atoms with Crippen LogP contribution in [-0.2, 0) is 57.2 Å². The number of carbonyl (C=O) groups excluding carboxylic acids is 6. The van der Waals surface area contributed by atoms with E-state index in [2.05, 4.69) is 168 Å². The van der Waals surface area contributed by atoms with Crippen LogP contribution in [0.15, 0.2) is 0 Å². The third-order valence-corrected chi connectivity index (χ3v) is 21.5. The zero-order valence-corrected chi connectivity index (χ0v) is 107. The fourth-order valence-electron chi connectivity index (χ4n) is 10.9. The van der Waals surface area contributed by atoms with Crippen molar-refractivity contribution in [1.82, 2.24) is 0 Å². The van der Waals surface area contributed by atoms with E-state index in [1.54, 1.807) is 13.8 Å². The summed E-state index contributed by atoms with van der Waals surface area (Å²) in [6.45, 7) is 133. The van der Waals surface area contributed by atoms with Crippen molar-refractivity contribution in [2.24, 2.45) is 146 Å². The van der Waals surface area contributed by atoms with Crippen LogP contribution < -0.4 is 0 Å². The Hall–Kier alpha value is -8.28. The average molecular weight is 2040 g/mol. The highest BCUT2D eigenvalue weighted by atomic mass is 16.6. The first-order chi connectivity index (χ1) is 63.5. The molecule has 0 aromatic heterocycles. The Morgan fingerprint density at radius 3 is 0.779 bits per heavy atom. The zero-order chi connectivity index (χ0) is 121. The molecule has 22 nitrogen and oxygen atoms in total. The summed E-state index contributed by atoms with van der Waals surface area (Å²) < 4.78 is 30.7. The molecule has 0 spiro atoms. The van der Waals surface area contributed by atoms with Gasteiger partial charge in [-0.15, -0.1) is 0 Å². The van der Waals surface area contributed by atoms with Gasteiger partial charge in [0.05, 0.1) is 128 Å². The number of ether oxygens (including phenoxy) is 6. The van der Waals surface area contributed by atoms with E-state index in [4.69, 9.17) is 81.0 Å². The Labute approximate surface area is 898 Å². The predicted molar refractivity (Wildman–Crippen MR) is 605 cm³/mol. The normalized spacial score (nSPS) is 13.5. The van der Waals surface area contributed by atoms with Crippen LogP contribution in [0, 0.1) is 259 Å². The highest BCUT2D eigenvalue weighted by molar-refractivity contribution is 5.77. The molecule has 0 aliphatic carbocycles. The molecule has 0 aliphatic heterocycles. The summed E-state index contributed by atoms with van der Waals surface area (Å²) in [5.41, 5.74) is -4.00. The summed E-state index contributed by atoms with van der Waals surface area (Å²) in [5.74, 6) is 3.24.